The monoisotopic (exact) mass is 414 g/mol. The van der Waals surface area contributed by atoms with Gasteiger partial charge in [-0.15, -0.1) is 0 Å². The fraction of sp³-hybridized carbons (Fsp3) is 0. The molecule has 3 rings (SSSR count). The van der Waals surface area contributed by atoms with Gasteiger partial charge in [0.1, 0.15) is 5.82 Å². The average Bonchev–Trinajstić information content (AvgIpc) is 2.82. The third-order valence-electron chi connectivity index (χ3n) is 3.03. The molecule has 3 nitrogen and oxygen atoms in total. The van der Waals surface area contributed by atoms with Crippen LogP contribution in [0.25, 0.3) is 22.5 Å². The van der Waals surface area contributed by atoms with Crippen LogP contribution in [0.3, 0.4) is 0 Å². The van der Waals surface area contributed by atoms with Crippen LogP contribution in [-0.4, -0.2) is 5.16 Å². The van der Waals surface area contributed by atoms with Crippen molar-refractivity contribution in [1.29, 1.82) is 0 Å². The molecule has 0 saturated carbocycles. The number of nitrogens with two attached hydrogens (primary N) is 1. The molecule has 0 fully saturated rings. The molecule has 0 aliphatic carbocycles. The number of nitrogen functional groups attached to an aromatic ring is 1. The predicted octanol–water partition coefficient (Wildman–Crippen LogP) is 4.99. The van der Waals surface area contributed by atoms with E-state index in [0.29, 0.717) is 16.3 Å². The summed E-state index contributed by atoms with van der Waals surface area (Å²) >= 11 is 7.95. The van der Waals surface area contributed by atoms with E-state index in [1.165, 1.54) is 12.1 Å². The second kappa shape index (κ2) is 5.65. The summed E-state index contributed by atoms with van der Waals surface area (Å²) in [5.74, 6) is 0.496. The molecule has 0 aliphatic heterocycles. The number of benzene rings is 2. The van der Waals surface area contributed by atoms with Gasteiger partial charge in [-0.1, -0.05) is 28.9 Å². The largest absolute Gasteiger partial charge is 0.380 e. The van der Waals surface area contributed by atoms with Crippen LogP contribution in [-0.2, 0) is 0 Å². The van der Waals surface area contributed by atoms with E-state index in [0.717, 1.165) is 14.7 Å². The molecule has 106 valence electrons. The highest BCUT2D eigenvalue weighted by atomic mass is 127. The molecule has 2 aromatic carbocycles. The number of hydrogen-bond donors (Lipinski definition) is 1. The van der Waals surface area contributed by atoms with Crippen LogP contribution < -0.4 is 5.73 Å². The molecule has 0 radical (unpaired) electrons. The van der Waals surface area contributed by atoms with Gasteiger partial charge >= 0.3 is 0 Å². The lowest BCUT2D eigenvalue weighted by Gasteiger charge is -2.05. The van der Waals surface area contributed by atoms with Crippen LogP contribution >= 0.6 is 34.2 Å². The van der Waals surface area contributed by atoms with E-state index in [1.54, 1.807) is 18.2 Å². The van der Waals surface area contributed by atoms with E-state index in [1.807, 2.05) is 12.1 Å². The van der Waals surface area contributed by atoms with Crippen molar-refractivity contribution in [3.63, 3.8) is 0 Å². The molecule has 3 aromatic rings. The molecule has 0 saturated heterocycles. The van der Waals surface area contributed by atoms with Crippen molar-refractivity contribution in [2.24, 2.45) is 0 Å². The van der Waals surface area contributed by atoms with Crippen molar-refractivity contribution in [2.45, 2.75) is 0 Å². The zero-order valence-corrected chi connectivity index (χ0v) is 13.5. The molecular weight excluding hydrogens is 406 g/mol. The van der Waals surface area contributed by atoms with Crippen LogP contribution in [0.15, 0.2) is 47.0 Å². The Hall–Kier alpha value is -1.60. The minimum Gasteiger partial charge on any atom is -0.380 e. The van der Waals surface area contributed by atoms with E-state index in [9.17, 15) is 4.39 Å². The van der Waals surface area contributed by atoms with Crippen molar-refractivity contribution in [2.75, 3.05) is 5.73 Å². The molecular formula is C15H9ClFIN2O. The summed E-state index contributed by atoms with van der Waals surface area (Å²) < 4.78 is 19.3. The van der Waals surface area contributed by atoms with Crippen molar-refractivity contribution in [1.82, 2.24) is 5.16 Å². The second-order valence-corrected chi connectivity index (χ2v) is 6.00. The lowest BCUT2D eigenvalue weighted by molar-refractivity contribution is 0.436. The maximum absolute atomic E-state index is 13.2. The summed E-state index contributed by atoms with van der Waals surface area (Å²) in [6.07, 6.45) is 0. The summed E-state index contributed by atoms with van der Waals surface area (Å²) in [4.78, 5) is 0. The van der Waals surface area contributed by atoms with Gasteiger partial charge in [-0.25, -0.2) is 4.39 Å². The summed E-state index contributed by atoms with van der Waals surface area (Å²) in [5.41, 5.74) is 8.17. The highest BCUT2D eigenvalue weighted by molar-refractivity contribution is 14.1. The Morgan fingerprint density at radius 3 is 2.52 bits per heavy atom. The molecule has 2 N–H and O–H groups in total. The minimum atomic E-state index is -0.302. The molecule has 0 spiro atoms. The number of anilines is 1. The lowest BCUT2D eigenvalue weighted by atomic mass is 10.0. The standard InChI is InChI=1S/C15H9ClFIN2O/c16-9-3-1-8(2-4-9)13-14(21-20-15(13)19)11-6-5-10(17)7-12(11)18/h1-7H,(H2,19,20). The number of rotatable bonds is 2. The van der Waals surface area contributed by atoms with Gasteiger partial charge in [-0.2, -0.15) is 0 Å². The predicted molar refractivity (Wildman–Crippen MR) is 89.5 cm³/mol. The quantitative estimate of drug-likeness (QED) is 0.601. The SMILES string of the molecule is Nc1noc(-c2ccc(F)cc2I)c1-c1ccc(Cl)cc1. The first-order chi connectivity index (χ1) is 10.1. The Morgan fingerprint density at radius 2 is 1.86 bits per heavy atom. The van der Waals surface area contributed by atoms with Crippen LogP contribution in [0.2, 0.25) is 5.02 Å². The van der Waals surface area contributed by atoms with E-state index < -0.39 is 0 Å². The van der Waals surface area contributed by atoms with Gasteiger partial charge in [0, 0.05) is 14.2 Å². The first-order valence-electron chi connectivity index (χ1n) is 6.03. The summed E-state index contributed by atoms with van der Waals surface area (Å²) in [6.45, 7) is 0. The van der Waals surface area contributed by atoms with Crippen molar-refractivity contribution < 1.29 is 8.91 Å². The molecule has 1 heterocycles. The van der Waals surface area contributed by atoms with Crippen LogP contribution in [0.5, 0.6) is 0 Å². The maximum Gasteiger partial charge on any atom is 0.177 e. The Morgan fingerprint density at radius 1 is 1.14 bits per heavy atom. The molecule has 6 heteroatoms. The van der Waals surface area contributed by atoms with Gasteiger partial charge in [0.2, 0.25) is 0 Å². The molecule has 0 amide bonds. The number of nitrogens with zero attached hydrogens (tertiary/aromatic N) is 1. The summed E-state index contributed by atoms with van der Waals surface area (Å²) in [7, 11) is 0. The van der Waals surface area contributed by atoms with E-state index in [2.05, 4.69) is 27.7 Å². The van der Waals surface area contributed by atoms with Crippen molar-refractivity contribution >= 4 is 40.0 Å². The fourth-order valence-electron chi connectivity index (χ4n) is 2.06. The zero-order chi connectivity index (χ0) is 15.0. The third-order valence-corrected chi connectivity index (χ3v) is 4.17. The van der Waals surface area contributed by atoms with Gasteiger partial charge in [-0.3, -0.25) is 0 Å². The highest BCUT2D eigenvalue weighted by Crippen LogP contribution is 2.38. The van der Waals surface area contributed by atoms with E-state index in [4.69, 9.17) is 21.9 Å². The van der Waals surface area contributed by atoms with E-state index in [-0.39, 0.29) is 11.6 Å². The zero-order valence-electron chi connectivity index (χ0n) is 10.6. The smallest absolute Gasteiger partial charge is 0.177 e. The molecule has 0 bridgehead atoms. The van der Waals surface area contributed by atoms with Crippen molar-refractivity contribution in [3.05, 3.63) is 56.9 Å². The Kier molecular flexibility index (Phi) is 3.86. The maximum atomic E-state index is 13.2. The molecule has 1 aromatic heterocycles. The summed E-state index contributed by atoms with van der Waals surface area (Å²) in [5, 5.41) is 4.46. The van der Waals surface area contributed by atoms with E-state index >= 15 is 0 Å². The summed E-state index contributed by atoms with van der Waals surface area (Å²) in [6, 6.07) is 11.7. The highest BCUT2D eigenvalue weighted by Gasteiger charge is 2.19. The third kappa shape index (κ3) is 2.75. The van der Waals surface area contributed by atoms with Gasteiger partial charge in [0.25, 0.3) is 0 Å². The number of hydrogen-bond acceptors (Lipinski definition) is 3. The molecule has 21 heavy (non-hydrogen) atoms. The fourth-order valence-corrected chi connectivity index (χ4v) is 2.90. The first-order valence-corrected chi connectivity index (χ1v) is 7.48. The molecule has 0 unspecified atom stereocenters. The first kappa shape index (κ1) is 14.3. The van der Waals surface area contributed by atoms with Crippen LogP contribution in [0.4, 0.5) is 10.2 Å². The van der Waals surface area contributed by atoms with Gasteiger partial charge in [0.15, 0.2) is 11.6 Å². The average molecular weight is 415 g/mol. The number of aromatic nitrogens is 1. The van der Waals surface area contributed by atoms with Crippen LogP contribution in [0.1, 0.15) is 0 Å². The Bertz CT molecular complexity index is 802. The van der Waals surface area contributed by atoms with Crippen LogP contribution in [0, 0.1) is 9.39 Å². The Balaban J connectivity index is 2.19. The van der Waals surface area contributed by atoms with Crippen molar-refractivity contribution in [3.8, 4) is 22.5 Å². The molecule has 0 aliphatic rings. The van der Waals surface area contributed by atoms with Gasteiger partial charge < -0.3 is 10.3 Å². The Labute approximate surface area is 139 Å². The topological polar surface area (TPSA) is 52.0 Å². The second-order valence-electron chi connectivity index (χ2n) is 4.40. The normalized spacial score (nSPS) is 10.8. The minimum absolute atomic E-state index is 0.285. The van der Waals surface area contributed by atoms with Gasteiger partial charge in [0.05, 0.1) is 5.56 Å². The lowest BCUT2D eigenvalue weighted by Crippen LogP contribution is -1.90. The number of halogens is 3. The van der Waals surface area contributed by atoms with Gasteiger partial charge in [-0.05, 0) is 58.5 Å². The molecule has 0 atom stereocenters.